The zero-order valence-electron chi connectivity index (χ0n) is 14.2. The minimum absolute atomic E-state index is 0.00660. The van der Waals surface area contributed by atoms with E-state index < -0.39 is 17.7 Å². The number of aliphatic hydroxyl groups excluding tert-OH is 1. The van der Waals surface area contributed by atoms with E-state index in [1.165, 1.54) is 6.07 Å². The molecule has 1 aromatic carbocycles. The molecule has 0 bridgehead atoms. The van der Waals surface area contributed by atoms with Crippen LogP contribution in [0.25, 0.3) is 0 Å². The molecule has 0 aliphatic heterocycles. The average Bonchev–Trinajstić information content (AvgIpc) is 2.44. The summed E-state index contributed by atoms with van der Waals surface area (Å²) in [6.45, 7) is 8.74. The number of rotatable bonds is 6. The molecule has 0 heterocycles. The number of amides is 2. The molecule has 1 rings (SSSR count). The number of aliphatic hydroxyl groups is 1. The predicted molar refractivity (Wildman–Crippen MR) is 86.0 cm³/mol. The van der Waals surface area contributed by atoms with Crippen LogP contribution in [0.2, 0.25) is 0 Å². The van der Waals surface area contributed by atoms with E-state index in [1.807, 2.05) is 20.8 Å². The third-order valence-electron chi connectivity index (χ3n) is 3.32. The number of hydrogen-bond donors (Lipinski definition) is 2. The van der Waals surface area contributed by atoms with Gasteiger partial charge in [0.2, 0.25) is 0 Å². The van der Waals surface area contributed by atoms with E-state index >= 15 is 0 Å². The second-order valence-electron chi connectivity index (χ2n) is 6.90. The summed E-state index contributed by atoms with van der Waals surface area (Å²) >= 11 is 0. The fourth-order valence-electron chi connectivity index (χ4n) is 2.23. The molecule has 0 fully saturated rings. The lowest BCUT2D eigenvalue weighted by Gasteiger charge is -2.31. The van der Waals surface area contributed by atoms with Crippen LogP contribution in [0.1, 0.15) is 45.7 Å². The van der Waals surface area contributed by atoms with Crippen LogP contribution in [0.3, 0.4) is 0 Å². The smallest absolute Gasteiger partial charge is 0.317 e. The topological polar surface area (TPSA) is 52.6 Å². The lowest BCUT2D eigenvalue weighted by Crippen LogP contribution is -2.45. The van der Waals surface area contributed by atoms with Crippen LogP contribution in [0.4, 0.5) is 13.6 Å². The van der Waals surface area contributed by atoms with Crippen molar-refractivity contribution in [3.8, 4) is 0 Å². The third kappa shape index (κ3) is 6.52. The van der Waals surface area contributed by atoms with Gasteiger partial charge in [-0.15, -0.1) is 0 Å². The number of nitrogens with one attached hydrogen (secondary N) is 1. The van der Waals surface area contributed by atoms with Gasteiger partial charge in [-0.05, 0) is 36.5 Å². The van der Waals surface area contributed by atoms with Crippen LogP contribution in [-0.2, 0) is 0 Å². The number of carbonyl (C=O) groups excluding carboxylic acids is 1. The first-order valence-corrected chi connectivity index (χ1v) is 7.75. The zero-order chi connectivity index (χ0) is 17.6. The Balaban J connectivity index is 2.77. The van der Waals surface area contributed by atoms with Crippen LogP contribution in [0.15, 0.2) is 18.2 Å². The normalized spacial score (nSPS) is 12.8. The summed E-state index contributed by atoms with van der Waals surface area (Å²) in [5, 5.41) is 11.8. The molecule has 1 aromatic rings. The fraction of sp³-hybridized carbons (Fsp3) is 0.588. The maximum Gasteiger partial charge on any atom is 0.317 e. The molecule has 2 amide bonds. The van der Waals surface area contributed by atoms with Gasteiger partial charge in [0.25, 0.3) is 0 Å². The zero-order valence-corrected chi connectivity index (χ0v) is 14.2. The highest BCUT2D eigenvalue weighted by Gasteiger charge is 2.22. The number of urea groups is 1. The van der Waals surface area contributed by atoms with Crippen molar-refractivity contribution in [3.63, 3.8) is 0 Å². The molecular weight excluding hydrogens is 302 g/mol. The number of carbonyl (C=O) groups is 1. The molecule has 1 unspecified atom stereocenters. The lowest BCUT2D eigenvalue weighted by molar-refractivity contribution is 0.162. The van der Waals surface area contributed by atoms with Gasteiger partial charge in [-0.2, -0.15) is 0 Å². The molecule has 0 spiro atoms. The van der Waals surface area contributed by atoms with E-state index in [9.17, 15) is 13.6 Å². The van der Waals surface area contributed by atoms with Crippen molar-refractivity contribution in [1.82, 2.24) is 10.2 Å². The van der Waals surface area contributed by atoms with E-state index in [1.54, 1.807) is 11.8 Å². The first kappa shape index (κ1) is 19.4. The molecular formula is C17H26F2N2O2. The highest BCUT2D eigenvalue weighted by atomic mass is 19.2. The number of hydrogen-bond acceptors (Lipinski definition) is 2. The van der Waals surface area contributed by atoms with E-state index in [4.69, 9.17) is 5.11 Å². The first-order chi connectivity index (χ1) is 10.6. The monoisotopic (exact) mass is 328 g/mol. The Morgan fingerprint density at radius 3 is 2.48 bits per heavy atom. The number of benzene rings is 1. The summed E-state index contributed by atoms with van der Waals surface area (Å²) in [5.41, 5.74) is 0.410. The Morgan fingerprint density at radius 1 is 1.30 bits per heavy atom. The minimum Gasteiger partial charge on any atom is -0.396 e. The summed E-state index contributed by atoms with van der Waals surface area (Å²) in [6.07, 6.45) is 0.489. The molecule has 0 saturated carbocycles. The van der Waals surface area contributed by atoms with Crippen LogP contribution in [0, 0.1) is 17.0 Å². The Bertz CT molecular complexity index is 530. The Morgan fingerprint density at radius 2 is 1.96 bits per heavy atom. The molecule has 130 valence electrons. The minimum atomic E-state index is -0.935. The van der Waals surface area contributed by atoms with Gasteiger partial charge < -0.3 is 15.3 Å². The quantitative estimate of drug-likeness (QED) is 0.840. The van der Waals surface area contributed by atoms with Crippen molar-refractivity contribution in [2.45, 2.75) is 40.2 Å². The van der Waals surface area contributed by atoms with Gasteiger partial charge in [-0.1, -0.05) is 26.8 Å². The third-order valence-corrected chi connectivity index (χ3v) is 3.32. The van der Waals surface area contributed by atoms with Crippen molar-refractivity contribution < 1.29 is 18.7 Å². The van der Waals surface area contributed by atoms with Crippen LogP contribution in [0.5, 0.6) is 0 Å². The SMILES string of the molecule is CC(NC(=O)N(CCCO)CC(C)(C)C)c1ccc(F)c(F)c1. The van der Waals surface area contributed by atoms with Crippen molar-refractivity contribution >= 4 is 6.03 Å². The first-order valence-electron chi connectivity index (χ1n) is 7.75. The largest absolute Gasteiger partial charge is 0.396 e. The summed E-state index contributed by atoms with van der Waals surface area (Å²) < 4.78 is 26.3. The van der Waals surface area contributed by atoms with E-state index in [0.717, 1.165) is 12.1 Å². The predicted octanol–water partition coefficient (Wildman–Crippen LogP) is 3.47. The van der Waals surface area contributed by atoms with Crippen molar-refractivity contribution in [3.05, 3.63) is 35.4 Å². The van der Waals surface area contributed by atoms with E-state index in [0.29, 0.717) is 25.1 Å². The van der Waals surface area contributed by atoms with E-state index in [2.05, 4.69) is 5.32 Å². The Labute approximate surface area is 136 Å². The highest BCUT2D eigenvalue weighted by Crippen LogP contribution is 2.18. The van der Waals surface area contributed by atoms with Gasteiger partial charge >= 0.3 is 6.03 Å². The maximum atomic E-state index is 13.3. The van der Waals surface area contributed by atoms with E-state index in [-0.39, 0.29) is 18.1 Å². The highest BCUT2D eigenvalue weighted by molar-refractivity contribution is 5.74. The van der Waals surface area contributed by atoms with Crippen molar-refractivity contribution in [1.29, 1.82) is 0 Å². The van der Waals surface area contributed by atoms with Crippen LogP contribution >= 0.6 is 0 Å². The molecule has 0 aliphatic rings. The van der Waals surface area contributed by atoms with Gasteiger partial charge in [0.15, 0.2) is 11.6 Å². The second-order valence-corrected chi connectivity index (χ2v) is 6.90. The number of halogens is 2. The molecule has 4 nitrogen and oxygen atoms in total. The molecule has 23 heavy (non-hydrogen) atoms. The van der Waals surface area contributed by atoms with Crippen LogP contribution in [-0.4, -0.2) is 35.7 Å². The summed E-state index contributed by atoms with van der Waals surface area (Å²) in [6, 6.07) is 2.85. The maximum absolute atomic E-state index is 13.3. The molecule has 0 radical (unpaired) electrons. The summed E-state index contributed by atoms with van der Waals surface area (Å²) in [5.74, 6) is -1.85. The number of nitrogens with zero attached hydrogens (tertiary/aromatic N) is 1. The van der Waals surface area contributed by atoms with Gasteiger partial charge in [-0.3, -0.25) is 0 Å². The van der Waals surface area contributed by atoms with Gasteiger partial charge in [0.05, 0.1) is 6.04 Å². The molecule has 0 saturated heterocycles. The molecule has 0 aromatic heterocycles. The molecule has 1 atom stereocenters. The molecule has 2 N–H and O–H groups in total. The standard InChI is InChI=1S/C17H26F2N2O2/c1-12(13-6-7-14(18)15(19)10-13)20-16(23)21(8-5-9-22)11-17(2,3)4/h6-7,10,12,22H,5,8-9,11H2,1-4H3,(H,20,23). The summed E-state index contributed by atoms with van der Waals surface area (Å²) in [7, 11) is 0. The Hall–Kier alpha value is -1.69. The lowest BCUT2D eigenvalue weighted by atomic mass is 9.96. The van der Waals surface area contributed by atoms with Gasteiger partial charge in [0.1, 0.15) is 0 Å². The Kier molecular flexibility index (Phi) is 6.94. The summed E-state index contributed by atoms with van der Waals surface area (Å²) in [4.78, 5) is 14.1. The second kappa shape index (κ2) is 8.24. The molecule has 0 aliphatic carbocycles. The van der Waals surface area contributed by atoms with Crippen LogP contribution < -0.4 is 5.32 Å². The van der Waals surface area contributed by atoms with Crippen molar-refractivity contribution in [2.75, 3.05) is 19.7 Å². The average molecular weight is 328 g/mol. The fourth-order valence-corrected chi connectivity index (χ4v) is 2.23. The molecule has 6 heteroatoms. The van der Waals surface area contributed by atoms with Gasteiger partial charge in [-0.25, -0.2) is 13.6 Å². The van der Waals surface area contributed by atoms with Crippen molar-refractivity contribution in [2.24, 2.45) is 5.41 Å². The van der Waals surface area contributed by atoms with Gasteiger partial charge in [0, 0.05) is 19.7 Å².